The van der Waals surface area contributed by atoms with Crippen LogP contribution in [0.3, 0.4) is 0 Å². The van der Waals surface area contributed by atoms with E-state index >= 15 is 0 Å². The number of aryl methyl sites for hydroxylation is 2. The Bertz CT molecular complexity index is 1590. The highest BCUT2D eigenvalue weighted by molar-refractivity contribution is 6.14. The van der Waals surface area contributed by atoms with Gasteiger partial charge in [-0.25, -0.2) is 0 Å². The van der Waals surface area contributed by atoms with Crippen molar-refractivity contribution in [2.24, 2.45) is 14.1 Å². The number of amides is 1. The minimum absolute atomic E-state index is 0.0540. The standard InChI is InChI=1S/C31H41N7O3/c1-8-35(5)23-11-13-38(14-12-23)26-10-9-24(29-25(26)19-37(7)34-29)30(40)32-22-15-20(17-27(39)41-31(2,3)4)28-21(16-22)18-36(6)33-28/h9-10,15-16,18-19,23H,8,11-14,17H2,1-7H3,(H,32,40). The molecule has 0 radical (unpaired) electrons. The molecule has 4 aromatic rings. The summed E-state index contributed by atoms with van der Waals surface area (Å²) in [6.07, 6.45) is 6.13. The summed E-state index contributed by atoms with van der Waals surface area (Å²) in [7, 11) is 5.91. The molecule has 0 saturated carbocycles. The van der Waals surface area contributed by atoms with Crippen LogP contribution in [0.1, 0.15) is 56.5 Å². The molecular formula is C31H41N7O3. The minimum atomic E-state index is -0.589. The molecule has 1 aliphatic heterocycles. The zero-order valence-electron chi connectivity index (χ0n) is 25.2. The highest BCUT2D eigenvalue weighted by atomic mass is 16.6. The van der Waals surface area contributed by atoms with E-state index in [0.717, 1.165) is 48.9 Å². The molecule has 0 spiro atoms. The average molecular weight is 560 g/mol. The lowest BCUT2D eigenvalue weighted by atomic mass is 10.0. The largest absolute Gasteiger partial charge is 0.460 e. The van der Waals surface area contributed by atoms with E-state index in [1.54, 1.807) is 15.4 Å². The van der Waals surface area contributed by atoms with Crippen LogP contribution in [0, 0.1) is 0 Å². The third-order valence-electron chi connectivity index (χ3n) is 7.75. The zero-order valence-corrected chi connectivity index (χ0v) is 25.2. The first kappa shape index (κ1) is 28.6. The van der Waals surface area contributed by atoms with Crippen LogP contribution < -0.4 is 10.2 Å². The van der Waals surface area contributed by atoms with Crippen molar-refractivity contribution in [3.05, 3.63) is 47.8 Å². The Labute approximate surface area is 241 Å². The summed E-state index contributed by atoms with van der Waals surface area (Å²) < 4.78 is 9.01. The fourth-order valence-electron chi connectivity index (χ4n) is 5.74. The maximum absolute atomic E-state index is 13.6. The number of carbonyl (C=O) groups excluding carboxylic acids is 2. The third-order valence-corrected chi connectivity index (χ3v) is 7.75. The molecule has 1 amide bonds. The van der Waals surface area contributed by atoms with Gasteiger partial charge >= 0.3 is 5.97 Å². The monoisotopic (exact) mass is 559 g/mol. The summed E-state index contributed by atoms with van der Waals surface area (Å²) in [6.45, 7) is 10.7. The van der Waals surface area contributed by atoms with Gasteiger partial charge in [-0.3, -0.25) is 19.0 Å². The second kappa shape index (κ2) is 11.2. The number of hydrogen-bond acceptors (Lipinski definition) is 7. The van der Waals surface area contributed by atoms with Gasteiger partial charge in [0.2, 0.25) is 0 Å². The van der Waals surface area contributed by atoms with E-state index in [4.69, 9.17) is 4.74 Å². The molecule has 10 heteroatoms. The van der Waals surface area contributed by atoms with Crippen LogP contribution >= 0.6 is 0 Å². The van der Waals surface area contributed by atoms with Crippen LogP contribution in [-0.2, 0) is 30.0 Å². The van der Waals surface area contributed by atoms with Gasteiger partial charge in [0.05, 0.1) is 17.5 Å². The Morgan fingerprint density at radius 1 is 1.05 bits per heavy atom. The quantitative estimate of drug-likeness (QED) is 0.333. The molecule has 0 bridgehead atoms. The second-order valence-electron chi connectivity index (χ2n) is 12.1. The van der Waals surface area contributed by atoms with Crippen molar-refractivity contribution >= 4 is 45.1 Å². The van der Waals surface area contributed by atoms with Crippen LogP contribution in [0.15, 0.2) is 36.7 Å². The number of anilines is 2. The lowest BCUT2D eigenvalue weighted by Crippen LogP contribution is -2.43. The van der Waals surface area contributed by atoms with E-state index in [0.29, 0.717) is 33.9 Å². The highest BCUT2D eigenvalue weighted by Crippen LogP contribution is 2.32. The Hall–Kier alpha value is -3.92. The van der Waals surface area contributed by atoms with Gasteiger partial charge in [-0.1, -0.05) is 6.92 Å². The Balaban J connectivity index is 1.41. The molecule has 2 aromatic heterocycles. The third kappa shape index (κ3) is 6.22. The SMILES string of the molecule is CCN(C)C1CCN(c2ccc(C(=O)Nc3cc(CC(=O)OC(C)(C)C)c4nn(C)cc4c3)c3nn(C)cc23)CC1. The van der Waals surface area contributed by atoms with Crippen molar-refractivity contribution < 1.29 is 14.3 Å². The number of aromatic nitrogens is 4. The number of hydrogen-bond donors (Lipinski definition) is 1. The van der Waals surface area contributed by atoms with E-state index in [1.807, 2.05) is 65.5 Å². The first-order chi connectivity index (χ1) is 19.4. The second-order valence-corrected chi connectivity index (χ2v) is 12.1. The van der Waals surface area contributed by atoms with Crippen LogP contribution in [0.25, 0.3) is 21.8 Å². The Morgan fingerprint density at radius 2 is 1.73 bits per heavy atom. The number of esters is 1. The van der Waals surface area contributed by atoms with Crippen molar-refractivity contribution in [3.8, 4) is 0 Å². The topological polar surface area (TPSA) is 97.5 Å². The lowest BCUT2D eigenvalue weighted by Gasteiger charge is -2.37. The van der Waals surface area contributed by atoms with Gasteiger partial charge in [-0.05, 0) is 77.0 Å². The van der Waals surface area contributed by atoms with Crippen LogP contribution in [0.5, 0.6) is 0 Å². The van der Waals surface area contributed by atoms with Crippen molar-refractivity contribution in [2.45, 2.75) is 58.6 Å². The molecule has 1 aliphatic rings. The lowest BCUT2D eigenvalue weighted by molar-refractivity contribution is -0.153. The molecule has 5 rings (SSSR count). The van der Waals surface area contributed by atoms with Crippen molar-refractivity contribution in [1.29, 1.82) is 0 Å². The molecular weight excluding hydrogens is 518 g/mol. The van der Waals surface area contributed by atoms with E-state index in [9.17, 15) is 9.59 Å². The average Bonchev–Trinajstić information content (AvgIpc) is 3.48. The van der Waals surface area contributed by atoms with Gasteiger partial charge in [-0.15, -0.1) is 0 Å². The molecule has 3 heterocycles. The highest BCUT2D eigenvalue weighted by Gasteiger charge is 2.25. The van der Waals surface area contributed by atoms with Crippen molar-refractivity contribution in [1.82, 2.24) is 24.5 Å². The summed E-state index contributed by atoms with van der Waals surface area (Å²) >= 11 is 0. The summed E-state index contributed by atoms with van der Waals surface area (Å²) in [5.41, 5.74) is 3.69. The van der Waals surface area contributed by atoms with E-state index in [2.05, 4.69) is 39.3 Å². The van der Waals surface area contributed by atoms with E-state index < -0.39 is 5.60 Å². The van der Waals surface area contributed by atoms with Crippen molar-refractivity contribution in [3.63, 3.8) is 0 Å². The van der Waals surface area contributed by atoms with Crippen LogP contribution in [0.2, 0.25) is 0 Å². The predicted octanol–water partition coefficient (Wildman–Crippen LogP) is 4.52. The number of nitrogens with zero attached hydrogens (tertiary/aromatic N) is 6. The maximum atomic E-state index is 13.6. The Kier molecular flexibility index (Phi) is 7.78. The van der Waals surface area contributed by atoms with Gasteiger partial charge in [0.15, 0.2) is 0 Å². The fourth-order valence-corrected chi connectivity index (χ4v) is 5.74. The van der Waals surface area contributed by atoms with Gasteiger partial charge in [0.25, 0.3) is 5.91 Å². The molecule has 0 aliphatic carbocycles. The molecule has 0 unspecified atom stereocenters. The summed E-state index contributed by atoms with van der Waals surface area (Å²) in [6, 6.07) is 8.19. The smallest absolute Gasteiger partial charge is 0.310 e. The molecule has 1 N–H and O–H groups in total. The molecule has 0 atom stereocenters. The number of benzene rings is 2. The van der Waals surface area contributed by atoms with Gasteiger partial charge in [0.1, 0.15) is 11.1 Å². The first-order valence-electron chi connectivity index (χ1n) is 14.3. The maximum Gasteiger partial charge on any atom is 0.310 e. The van der Waals surface area contributed by atoms with Crippen molar-refractivity contribution in [2.75, 3.05) is 36.9 Å². The van der Waals surface area contributed by atoms with Gasteiger partial charge < -0.3 is 19.9 Å². The van der Waals surface area contributed by atoms with Crippen LogP contribution in [-0.4, -0.2) is 74.7 Å². The van der Waals surface area contributed by atoms with Gasteiger partial charge in [-0.2, -0.15) is 10.2 Å². The molecule has 218 valence electrons. The van der Waals surface area contributed by atoms with E-state index in [-0.39, 0.29) is 18.3 Å². The number of ether oxygens (including phenoxy) is 1. The number of rotatable bonds is 7. The summed E-state index contributed by atoms with van der Waals surface area (Å²) in [4.78, 5) is 31.1. The molecule has 1 fully saturated rings. The molecule has 2 aromatic carbocycles. The summed E-state index contributed by atoms with van der Waals surface area (Å²) in [5.74, 6) is -0.598. The molecule has 1 saturated heterocycles. The van der Waals surface area contributed by atoms with E-state index in [1.165, 1.54) is 0 Å². The number of nitrogens with one attached hydrogen (secondary N) is 1. The number of fused-ring (bicyclic) bond motifs is 2. The number of piperidine rings is 1. The Morgan fingerprint density at radius 3 is 2.41 bits per heavy atom. The normalized spacial score (nSPS) is 14.8. The number of carbonyl (C=O) groups is 2. The molecule has 10 nitrogen and oxygen atoms in total. The van der Waals surface area contributed by atoms with Gasteiger partial charge in [0, 0.05) is 67.8 Å². The fraction of sp³-hybridized carbons (Fsp3) is 0.484. The summed E-state index contributed by atoms with van der Waals surface area (Å²) in [5, 5.41) is 14.1. The first-order valence-corrected chi connectivity index (χ1v) is 14.3. The minimum Gasteiger partial charge on any atom is -0.460 e. The van der Waals surface area contributed by atoms with Crippen LogP contribution in [0.4, 0.5) is 11.4 Å². The molecule has 41 heavy (non-hydrogen) atoms. The predicted molar refractivity (Wildman–Crippen MR) is 162 cm³/mol. The zero-order chi connectivity index (χ0) is 29.5.